The third-order valence-corrected chi connectivity index (χ3v) is 5.42. The van der Waals surface area contributed by atoms with Crippen molar-refractivity contribution >= 4 is 17.1 Å². The van der Waals surface area contributed by atoms with Crippen LogP contribution in [-0.4, -0.2) is 35.8 Å². The molecule has 1 aromatic carbocycles. The van der Waals surface area contributed by atoms with Gasteiger partial charge in [-0.2, -0.15) is 9.97 Å². The third-order valence-electron chi connectivity index (χ3n) is 5.42. The van der Waals surface area contributed by atoms with E-state index in [1.54, 1.807) is 11.6 Å². The fourth-order valence-electron chi connectivity index (χ4n) is 3.84. The fraction of sp³-hybridized carbons (Fsp3) is 0.350. The van der Waals surface area contributed by atoms with Crippen LogP contribution in [0.4, 0.5) is 5.95 Å². The van der Waals surface area contributed by atoms with E-state index in [-0.39, 0.29) is 30.1 Å². The number of rotatable bonds is 4. The molecule has 1 saturated heterocycles. The van der Waals surface area contributed by atoms with Gasteiger partial charge in [-0.25, -0.2) is 4.98 Å². The average Bonchev–Trinajstić information content (AvgIpc) is 3.45. The first-order chi connectivity index (χ1) is 14.5. The summed E-state index contributed by atoms with van der Waals surface area (Å²) in [7, 11) is 1.73. The van der Waals surface area contributed by atoms with Gasteiger partial charge in [-0.15, -0.1) is 0 Å². The largest absolute Gasteiger partial charge is 0.373 e. The van der Waals surface area contributed by atoms with Crippen LogP contribution in [0.15, 0.2) is 39.9 Å². The number of fused-ring (bicyclic) bond motifs is 1. The van der Waals surface area contributed by atoms with Crippen LogP contribution in [0.1, 0.15) is 41.3 Å². The van der Waals surface area contributed by atoms with Crippen molar-refractivity contribution in [1.29, 1.82) is 0 Å². The summed E-state index contributed by atoms with van der Waals surface area (Å²) in [4.78, 5) is 25.5. The van der Waals surface area contributed by atoms with Crippen molar-refractivity contribution in [1.82, 2.24) is 29.2 Å². The summed E-state index contributed by atoms with van der Waals surface area (Å²) in [5, 5.41) is 4.11. The highest BCUT2D eigenvalue weighted by atomic mass is 16.5. The van der Waals surface area contributed by atoms with Crippen molar-refractivity contribution in [2.75, 3.05) is 12.3 Å². The maximum Gasteiger partial charge on any atom is 0.281 e. The lowest BCUT2D eigenvalue weighted by molar-refractivity contribution is 0.110. The Morgan fingerprint density at radius 2 is 2.17 bits per heavy atom. The van der Waals surface area contributed by atoms with Gasteiger partial charge in [-0.3, -0.25) is 9.36 Å². The standard InChI is InChI=1S/C20H21N7O3/c1-11-4-3-5-12(6-11)14-7-13(9-29-14)17-23-15(30-25-17)8-27-19(28)16-18(24-20(27)21)22-10-26(16)2/h3-6,10,13-14H,7-9H2,1-2H3,(H2,21,24)/t13-,14+/m0/s1. The zero-order valence-corrected chi connectivity index (χ0v) is 16.6. The van der Waals surface area contributed by atoms with Crippen LogP contribution >= 0.6 is 0 Å². The van der Waals surface area contributed by atoms with E-state index in [4.69, 9.17) is 15.0 Å². The molecule has 4 heterocycles. The lowest BCUT2D eigenvalue weighted by atomic mass is 9.99. The van der Waals surface area contributed by atoms with E-state index in [9.17, 15) is 4.79 Å². The molecule has 0 bridgehead atoms. The minimum Gasteiger partial charge on any atom is -0.373 e. The van der Waals surface area contributed by atoms with E-state index < -0.39 is 0 Å². The second kappa shape index (κ2) is 7.06. The molecule has 10 nitrogen and oxygen atoms in total. The molecule has 0 saturated carbocycles. The number of ether oxygens (including phenoxy) is 1. The summed E-state index contributed by atoms with van der Waals surface area (Å²) in [6.07, 6.45) is 2.30. The Bertz CT molecular complexity index is 1290. The molecule has 10 heteroatoms. The van der Waals surface area contributed by atoms with Crippen LogP contribution in [0.2, 0.25) is 0 Å². The molecular formula is C20H21N7O3. The molecular weight excluding hydrogens is 386 g/mol. The SMILES string of the molecule is Cc1cccc([C@H]2C[C@H](c3noc(Cn4c(N)nc5ncn(C)c5c4=O)n3)CO2)c1. The number of nitrogen functional groups attached to an aromatic ring is 1. The van der Waals surface area contributed by atoms with Gasteiger partial charge >= 0.3 is 0 Å². The van der Waals surface area contributed by atoms with Crippen molar-refractivity contribution in [3.63, 3.8) is 0 Å². The molecule has 0 spiro atoms. The maximum atomic E-state index is 12.8. The third kappa shape index (κ3) is 3.14. The first-order valence-corrected chi connectivity index (χ1v) is 9.67. The van der Waals surface area contributed by atoms with Gasteiger partial charge in [0.25, 0.3) is 5.56 Å². The molecule has 4 aromatic rings. The Balaban J connectivity index is 1.36. The zero-order valence-electron chi connectivity index (χ0n) is 16.6. The molecule has 2 N–H and O–H groups in total. The molecule has 30 heavy (non-hydrogen) atoms. The van der Waals surface area contributed by atoms with E-state index in [1.807, 2.05) is 6.07 Å². The Morgan fingerprint density at radius 3 is 3.00 bits per heavy atom. The number of nitrogens with two attached hydrogens (primary N) is 1. The fourth-order valence-corrected chi connectivity index (χ4v) is 3.84. The monoisotopic (exact) mass is 407 g/mol. The van der Waals surface area contributed by atoms with Gasteiger partial charge in [-0.05, 0) is 18.9 Å². The van der Waals surface area contributed by atoms with Crippen molar-refractivity contribution in [2.24, 2.45) is 7.05 Å². The molecule has 0 aliphatic carbocycles. The zero-order chi connectivity index (χ0) is 20.8. The second-order valence-corrected chi connectivity index (χ2v) is 7.60. The Morgan fingerprint density at radius 1 is 1.30 bits per heavy atom. The van der Waals surface area contributed by atoms with E-state index in [0.717, 1.165) is 12.0 Å². The molecule has 0 radical (unpaired) electrons. The van der Waals surface area contributed by atoms with Gasteiger partial charge in [-0.1, -0.05) is 35.0 Å². The van der Waals surface area contributed by atoms with Gasteiger partial charge in [0.2, 0.25) is 11.8 Å². The van der Waals surface area contributed by atoms with Gasteiger partial charge in [0.05, 0.1) is 19.0 Å². The van der Waals surface area contributed by atoms with Gasteiger partial charge in [0.1, 0.15) is 6.54 Å². The molecule has 2 atom stereocenters. The Labute approximate surface area is 171 Å². The summed E-state index contributed by atoms with van der Waals surface area (Å²) < 4.78 is 14.3. The second-order valence-electron chi connectivity index (χ2n) is 7.60. The summed E-state index contributed by atoms with van der Waals surface area (Å²) in [5.41, 5.74) is 8.69. The highest BCUT2D eigenvalue weighted by molar-refractivity contribution is 5.70. The number of imidazole rings is 1. The molecule has 1 fully saturated rings. The van der Waals surface area contributed by atoms with Crippen LogP contribution < -0.4 is 11.3 Å². The topological polar surface area (TPSA) is 127 Å². The molecule has 0 unspecified atom stereocenters. The average molecular weight is 407 g/mol. The summed E-state index contributed by atoms with van der Waals surface area (Å²) in [6, 6.07) is 8.29. The smallest absolute Gasteiger partial charge is 0.281 e. The van der Waals surface area contributed by atoms with Crippen LogP contribution in [0, 0.1) is 6.92 Å². The lowest BCUT2D eigenvalue weighted by Crippen LogP contribution is -2.26. The Kier molecular flexibility index (Phi) is 4.35. The highest BCUT2D eigenvalue weighted by Crippen LogP contribution is 2.37. The number of anilines is 1. The molecule has 5 rings (SSSR count). The van der Waals surface area contributed by atoms with E-state index >= 15 is 0 Å². The van der Waals surface area contributed by atoms with Gasteiger partial charge in [0.15, 0.2) is 17.0 Å². The van der Waals surface area contributed by atoms with E-state index in [0.29, 0.717) is 29.5 Å². The molecule has 1 aliphatic heterocycles. The van der Waals surface area contributed by atoms with Gasteiger partial charge < -0.3 is 19.6 Å². The van der Waals surface area contributed by atoms with Crippen LogP contribution in [0.5, 0.6) is 0 Å². The summed E-state index contributed by atoms with van der Waals surface area (Å²) in [5.74, 6) is 0.942. The number of hydrogen-bond donors (Lipinski definition) is 1. The van der Waals surface area contributed by atoms with Crippen molar-refractivity contribution in [3.8, 4) is 0 Å². The number of aromatic nitrogens is 6. The lowest BCUT2D eigenvalue weighted by Gasteiger charge is -2.09. The summed E-state index contributed by atoms with van der Waals surface area (Å²) in [6.45, 7) is 2.62. The predicted molar refractivity (Wildman–Crippen MR) is 108 cm³/mol. The maximum absolute atomic E-state index is 12.8. The van der Waals surface area contributed by atoms with Crippen LogP contribution in [0.25, 0.3) is 11.2 Å². The van der Waals surface area contributed by atoms with Crippen LogP contribution in [-0.2, 0) is 18.3 Å². The molecule has 0 amide bonds. The van der Waals surface area contributed by atoms with Crippen molar-refractivity contribution in [3.05, 3.63) is 63.8 Å². The van der Waals surface area contributed by atoms with Crippen molar-refractivity contribution < 1.29 is 9.26 Å². The van der Waals surface area contributed by atoms with E-state index in [2.05, 4.69) is 45.2 Å². The first kappa shape index (κ1) is 18.5. The summed E-state index contributed by atoms with van der Waals surface area (Å²) >= 11 is 0. The number of nitrogens with zero attached hydrogens (tertiary/aromatic N) is 6. The number of aryl methyl sites for hydroxylation is 2. The predicted octanol–water partition coefficient (Wildman–Crippen LogP) is 1.70. The molecule has 154 valence electrons. The van der Waals surface area contributed by atoms with Crippen LogP contribution in [0.3, 0.4) is 0 Å². The quantitative estimate of drug-likeness (QED) is 0.541. The minimum atomic E-state index is -0.305. The Hall–Kier alpha value is -3.53. The highest BCUT2D eigenvalue weighted by Gasteiger charge is 2.31. The molecule has 3 aromatic heterocycles. The van der Waals surface area contributed by atoms with E-state index in [1.165, 1.54) is 16.5 Å². The number of hydrogen-bond acceptors (Lipinski definition) is 8. The minimum absolute atomic E-state index is 0.00608. The first-order valence-electron chi connectivity index (χ1n) is 9.67. The number of benzene rings is 1. The van der Waals surface area contributed by atoms with Gasteiger partial charge in [0, 0.05) is 13.0 Å². The van der Waals surface area contributed by atoms with Crippen molar-refractivity contribution in [2.45, 2.75) is 31.9 Å². The normalized spacial score (nSPS) is 19.0. The molecule has 1 aliphatic rings.